The molecule has 0 fully saturated rings. The first-order chi connectivity index (χ1) is 8.49. The van der Waals surface area contributed by atoms with Crippen molar-refractivity contribution in [2.45, 2.75) is 27.2 Å². The van der Waals surface area contributed by atoms with E-state index in [0.29, 0.717) is 18.9 Å². The Morgan fingerprint density at radius 1 is 1.44 bits per heavy atom. The fraction of sp³-hybridized carbons (Fsp3) is 0.500. The first-order valence-electron chi connectivity index (χ1n) is 6.24. The maximum Gasteiger partial charge on any atom is 0.230 e. The SMILES string of the molecule is CCC(C)(C)C(=O)Nc1cccc(OCCN)c1. The van der Waals surface area contributed by atoms with Gasteiger partial charge in [-0.3, -0.25) is 4.79 Å². The summed E-state index contributed by atoms with van der Waals surface area (Å²) in [4.78, 5) is 12.0. The van der Waals surface area contributed by atoms with Crippen molar-refractivity contribution in [2.24, 2.45) is 11.1 Å². The second-order valence-corrected chi connectivity index (χ2v) is 4.86. The lowest BCUT2D eigenvalue weighted by molar-refractivity contribution is -0.124. The molecule has 0 atom stereocenters. The molecule has 0 spiro atoms. The highest BCUT2D eigenvalue weighted by Gasteiger charge is 2.25. The van der Waals surface area contributed by atoms with Gasteiger partial charge in [-0.25, -0.2) is 0 Å². The number of nitrogens with two attached hydrogens (primary N) is 1. The Balaban J connectivity index is 2.70. The summed E-state index contributed by atoms with van der Waals surface area (Å²) >= 11 is 0. The number of nitrogens with one attached hydrogen (secondary N) is 1. The third kappa shape index (κ3) is 4.04. The molecule has 1 rings (SSSR count). The highest BCUT2D eigenvalue weighted by atomic mass is 16.5. The predicted octanol–water partition coefficient (Wildman–Crippen LogP) is 2.40. The molecule has 0 aromatic heterocycles. The minimum absolute atomic E-state index is 0.0148. The number of ether oxygens (including phenoxy) is 1. The van der Waals surface area contributed by atoms with Crippen molar-refractivity contribution in [3.63, 3.8) is 0 Å². The summed E-state index contributed by atoms with van der Waals surface area (Å²) in [7, 11) is 0. The number of hydrogen-bond acceptors (Lipinski definition) is 3. The van der Waals surface area contributed by atoms with Crippen LogP contribution in [0.3, 0.4) is 0 Å². The molecule has 100 valence electrons. The van der Waals surface area contributed by atoms with Gasteiger partial charge < -0.3 is 15.8 Å². The Hall–Kier alpha value is -1.55. The highest BCUT2D eigenvalue weighted by molar-refractivity contribution is 5.94. The maximum atomic E-state index is 12.0. The Bertz CT molecular complexity index is 403. The van der Waals surface area contributed by atoms with Crippen LogP contribution in [0.1, 0.15) is 27.2 Å². The fourth-order valence-electron chi connectivity index (χ4n) is 1.30. The van der Waals surface area contributed by atoms with Crippen LogP contribution in [0.25, 0.3) is 0 Å². The van der Waals surface area contributed by atoms with E-state index < -0.39 is 0 Å². The Kier molecular flexibility index (Phi) is 5.16. The molecule has 4 heteroatoms. The van der Waals surface area contributed by atoms with Crippen LogP contribution in [0.2, 0.25) is 0 Å². The van der Waals surface area contributed by atoms with E-state index >= 15 is 0 Å². The summed E-state index contributed by atoms with van der Waals surface area (Å²) in [5, 5.41) is 2.90. The lowest BCUT2D eigenvalue weighted by Gasteiger charge is -2.21. The molecule has 0 aliphatic rings. The Morgan fingerprint density at radius 3 is 2.78 bits per heavy atom. The minimum atomic E-state index is -0.367. The fourth-order valence-corrected chi connectivity index (χ4v) is 1.30. The van der Waals surface area contributed by atoms with E-state index in [-0.39, 0.29) is 11.3 Å². The van der Waals surface area contributed by atoms with Crippen LogP contribution in [-0.2, 0) is 4.79 Å². The lowest BCUT2D eigenvalue weighted by Crippen LogP contribution is -2.29. The van der Waals surface area contributed by atoms with Gasteiger partial charge in [-0.05, 0) is 18.6 Å². The third-order valence-corrected chi connectivity index (χ3v) is 2.98. The van der Waals surface area contributed by atoms with Gasteiger partial charge in [0.05, 0.1) is 0 Å². The van der Waals surface area contributed by atoms with E-state index in [1.165, 1.54) is 0 Å². The van der Waals surface area contributed by atoms with Gasteiger partial charge in [0.15, 0.2) is 0 Å². The molecule has 4 nitrogen and oxygen atoms in total. The van der Waals surface area contributed by atoms with Crippen LogP contribution in [0.4, 0.5) is 5.69 Å². The molecule has 1 aromatic rings. The zero-order valence-corrected chi connectivity index (χ0v) is 11.3. The molecule has 0 radical (unpaired) electrons. The number of hydrogen-bond donors (Lipinski definition) is 2. The van der Waals surface area contributed by atoms with Gasteiger partial charge in [0, 0.05) is 23.7 Å². The molecule has 0 saturated heterocycles. The molecule has 0 aliphatic carbocycles. The topological polar surface area (TPSA) is 64.3 Å². The van der Waals surface area contributed by atoms with Gasteiger partial charge in [-0.2, -0.15) is 0 Å². The Labute approximate surface area is 109 Å². The smallest absolute Gasteiger partial charge is 0.230 e. The van der Waals surface area contributed by atoms with Crippen molar-refractivity contribution in [2.75, 3.05) is 18.5 Å². The quantitative estimate of drug-likeness (QED) is 0.814. The molecule has 3 N–H and O–H groups in total. The second-order valence-electron chi connectivity index (χ2n) is 4.86. The predicted molar refractivity (Wildman–Crippen MR) is 73.7 cm³/mol. The highest BCUT2D eigenvalue weighted by Crippen LogP contribution is 2.24. The summed E-state index contributed by atoms with van der Waals surface area (Å²) in [5.74, 6) is 0.730. The van der Waals surface area contributed by atoms with Crippen LogP contribution in [-0.4, -0.2) is 19.1 Å². The zero-order valence-electron chi connectivity index (χ0n) is 11.3. The summed E-state index contributed by atoms with van der Waals surface area (Å²) in [6.45, 7) is 6.80. The summed E-state index contributed by atoms with van der Waals surface area (Å²) in [5.41, 5.74) is 5.75. The largest absolute Gasteiger partial charge is 0.492 e. The molecular weight excluding hydrogens is 228 g/mol. The molecule has 0 aliphatic heterocycles. The van der Waals surface area contributed by atoms with Crippen LogP contribution < -0.4 is 15.8 Å². The maximum absolute atomic E-state index is 12.0. The van der Waals surface area contributed by atoms with Crippen LogP contribution in [0.15, 0.2) is 24.3 Å². The first kappa shape index (κ1) is 14.5. The average molecular weight is 250 g/mol. The van der Waals surface area contributed by atoms with Gasteiger partial charge in [0.2, 0.25) is 5.91 Å². The van der Waals surface area contributed by atoms with E-state index in [1.807, 2.05) is 39.0 Å². The number of carbonyl (C=O) groups is 1. The van der Waals surface area contributed by atoms with E-state index in [4.69, 9.17) is 10.5 Å². The van der Waals surface area contributed by atoms with E-state index in [1.54, 1.807) is 6.07 Å². The standard InChI is InChI=1S/C14H22N2O2/c1-4-14(2,3)13(17)16-11-6-5-7-12(10-11)18-9-8-15/h5-7,10H,4,8-9,15H2,1-3H3,(H,16,17). The molecule has 0 saturated carbocycles. The number of anilines is 1. The van der Waals surface area contributed by atoms with Crippen molar-refractivity contribution >= 4 is 11.6 Å². The van der Waals surface area contributed by atoms with Gasteiger partial charge in [0.25, 0.3) is 0 Å². The molecular formula is C14H22N2O2. The molecule has 1 aromatic carbocycles. The van der Waals surface area contributed by atoms with E-state index in [9.17, 15) is 4.79 Å². The molecule has 0 bridgehead atoms. The number of benzene rings is 1. The Morgan fingerprint density at radius 2 is 2.17 bits per heavy atom. The lowest BCUT2D eigenvalue weighted by atomic mass is 9.89. The van der Waals surface area contributed by atoms with Crippen molar-refractivity contribution < 1.29 is 9.53 Å². The molecule has 0 unspecified atom stereocenters. The van der Waals surface area contributed by atoms with E-state index in [0.717, 1.165) is 12.1 Å². The van der Waals surface area contributed by atoms with Gasteiger partial charge in [-0.15, -0.1) is 0 Å². The van der Waals surface area contributed by atoms with Gasteiger partial charge >= 0.3 is 0 Å². The summed E-state index contributed by atoms with van der Waals surface area (Å²) in [6.07, 6.45) is 0.794. The summed E-state index contributed by atoms with van der Waals surface area (Å²) < 4.78 is 5.41. The first-order valence-corrected chi connectivity index (χ1v) is 6.24. The number of amides is 1. The number of rotatable bonds is 6. The van der Waals surface area contributed by atoms with Crippen molar-refractivity contribution in [3.8, 4) is 5.75 Å². The van der Waals surface area contributed by atoms with E-state index in [2.05, 4.69) is 5.32 Å². The van der Waals surface area contributed by atoms with Gasteiger partial charge in [0.1, 0.15) is 12.4 Å². The monoisotopic (exact) mass is 250 g/mol. The van der Waals surface area contributed by atoms with Crippen LogP contribution >= 0.6 is 0 Å². The molecule has 18 heavy (non-hydrogen) atoms. The van der Waals surface area contributed by atoms with Crippen LogP contribution in [0.5, 0.6) is 5.75 Å². The second kappa shape index (κ2) is 6.40. The molecule has 0 heterocycles. The zero-order chi connectivity index (χ0) is 13.6. The molecule has 1 amide bonds. The van der Waals surface area contributed by atoms with Gasteiger partial charge in [-0.1, -0.05) is 26.8 Å². The summed E-state index contributed by atoms with van der Waals surface area (Å²) in [6, 6.07) is 7.34. The normalized spacial score (nSPS) is 11.1. The van der Waals surface area contributed by atoms with Crippen molar-refractivity contribution in [1.82, 2.24) is 0 Å². The van der Waals surface area contributed by atoms with Crippen molar-refractivity contribution in [3.05, 3.63) is 24.3 Å². The van der Waals surface area contributed by atoms with Crippen LogP contribution in [0, 0.1) is 5.41 Å². The third-order valence-electron chi connectivity index (χ3n) is 2.98. The average Bonchev–Trinajstić information content (AvgIpc) is 2.36. The number of carbonyl (C=O) groups excluding carboxylic acids is 1. The van der Waals surface area contributed by atoms with Crippen molar-refractivity contribution in [1.29, 1.82) is 0 Å². The minimum Gasteiger partial charge on any atom is -0.492 e.